The van der Waals surface area contributed by atoms with E-state index in [1.165, 1.54) is 16.3 Å². The van der Waals surface area contributed by atoms with Crippen molar-refractivity contribution in [2.24, 2.45) is 0 Å². The minimum absolute atomic E-state index is 0.905. The van der Waals surface area contributed by atoms with E-state index in [9.17, 15) is 0 Å². The second kappa shape index (κ2) is 6.91. The molecule has 0 radical (unpaired) electrons. The van der Waals surface area contributed by atoms with Crippen molar-refractivity contribution in [1.82, 2.24) is 19.9 Å². The molecule has 5 heteroatoms. The van der Waals surface area contributed by atoms with Gasteiger partial charge in [-0.15, -0.1) is 0 Å². The van der Waals surface area contributed by atoms with Gasteiger partial charge in [0.25, 0.3) is 0 Å². The lowest BCUT2D eigenvalue weighted by molar-refractivity contribution is 1.21. The lowest BCUT2D eigenvalue weighted by Gasteiger charge is -2.01. The molecule has 0 spiro atoms. The molecule has 0 unspecified atom stereocenters. The zero-order chi connectivity index (χ0) is 17.1. The molecule has 0 bridgehead atoms. The van der Waals surface area contributed by atoms with Gasteiger partial charge < -0.3 is 9.97 Å². The number of nitrogens with one attached hydrogen (secondary N) is 2. The first kappa shape index (κ1) is 15.6. The van der Waals surface area contributed by atoms with Crippen molar-refractivity contribution in [2.75, 3.05) is 0 Å². The van der Waals surface area contributed by atoms with Crippen LogP contribution in [0.25, 0.3) is 33.1 Å². The minimum atomic E-state index is 0.905. The summed E-state index contributed by atoms with van der Waals surface area (Å²) >= 11 is 3.46. The molecule has 0 atom stereocenters. The molecule has 0 saturated carbocycles. The number of H-pyrrole nitrogens is 2. The summed E-state index contributed by atoms with van der Waals surface area (Å²) < 4.78 is 1.14. The molecule has 0 amide bonds. The number of benzene rings is 2. The summed E-state index contributed by atoms with van der Waals surface area (Å²) in [6, 6.07) is 16.3. The quantitative estimate of drug-likeness (QED) is 0.393. The molecule has 0 aliphatic rings. The summed E-state index contributed by atoms with van der Waals surface area (Å²) in [5, 5.41) is 2.42. The number of hydrogen-bond donors (Lipinski definition) is 2. The van der Waals surface area contributed by atoms with Crippen LogP contribution in [0.1, 0.15) is 0 Å². The zero-order valence-electron chi connectivity index (χ0n) is 13.3. The van der Waals surface area contributed by atoms with Crippen LogP contribution in [0.5, 0.6) is 0 Å². The van der Waals surface area contributed by atoms with Gasteiger partial charge in [-0.2, -0.15) is 0 Å². The van der Waals surface area contributed by atoms with E-state index in [-0.39, 0.29) is 0 Å². The molecule has 122 valence electrons. The van der Waals surface area contributed by atoms with Crippen molar-refractivity contribution >= 4 is 37.7 Å². The third kappa shape index (κ3) is 3.19. The van der Waals surface area contributed by atoms with Gasteiger partial charge in [0.15, 0.2) is 0 Å². The summed E-state index contributed by atoms with van der Waals surface area (Å²) in [6.07, 6.45) is 9.04. The largest absolute Gasteiger partial charge is 0.361 e. The molecule has 3 aromatic heterocycles. The summed E-state index contributed by atoms with van der Waals surface area (Å²) in [4.78, 5) is 14.7. The Hall–Kier alpha value is -2.92. The van der Waals surface area contributed by atoms with E-state index in [0.29, 0.717) is 0 Å². The third-order valence-electron chi connectivity index (χ3n) is 3.98. The van der Waals surface area contributed by atoms with Gasteiger partial charge in [-0.3, -0.25) is 9.97 Å². The van der Waals surface area contributed by atoms with Crippen molar-refractivity contribution in [3.8, 4) is 11.3 Å². The molecule has 0 aliphatic heterocycles. The van der Waals surface area contributed by atoms with Crippen molar-refractivity contribution in [3.05, 3.63) is 84.0 Å². The van der Waals surface area contributed by atoms with E-state index in [4.69, 9.17) is 0 Å². The number of nitrogens with zero attached hydrogens (tertiary/aromatic N) is 2. The minimum Gasteiger partial charge on any atom is -0.361 e. The van der Waals surface area contributed by atoms with Crippen molar-refractivity contribution in [3.63, 3.8) is 0 Å². The Morgan fingerprint density at radius 2 is 1.48 bits per heavy atom. The molecule has 2 aromatic carbocycles. The van der Waals surface area contributed by atoms with Crippen LogP contribution < -0.4 is 0 Å². The molecular weight excluding hydrogens is 376 g/mol. The zero-order valence-corrected chi connectivity index (χ0v) is 14.9. The molecule has 0 saturated heterocycles. The van der Waals surface area contributed by atoms with Gasteiger partial charge in [-0.1, -0.05) is 34.1 Å². The van der Waals surface area contributed by atoms with Crippen LogP contribution in [0, 0.1) is 0 Å². The van der Waals surface area contributed by atoms with Crippen LogP contribution in [0.2, 0.25) is 0 Å². The Morgan fingerprint density at radius 1 is 0.760 bits per heavy atom. The molecule has 2 N–H and O–H groups in total. The number of fused-ring (bicyclic) bond motifs is 2. The predicted octanol–water partition coefficient (Wildman–Crippen LogP) is 5.56. The predicted molar refractivity (Wildman–Crippen MR) is 105 cm³/mol. The fraction of sp³-hybridized carbons (Fsp3) is 0. The second-order valence-electron chi connectivity index (χ2n) is 5.51. The summed E-state index contributed by atoms with van der Waals surface area (Å²) in [7, 11) is 0. The smallest absolute Gasteiger partial charge is 0.0891 e. The number of aromatic nitrogens is 4. The van der Waals surface area contributed by atoms with Gasteiger partial charge in [0.2, 0.25) is 0 Å². The molecule has 5 rings (SSSR count). The fourth-order valence-electron chi connectivity index (χ4n) is 2.79. The molecular formula is C20H15BrN4. The number of hydrogen-bond acceptors (Lipinski definition) is 2. The summed E-state index contributed by atoms with van der Waals surface area (Å²) in [5.41, 5.74) is 4.32. The average molecular weight is 391 g/mol. The monoisotopic (exact) mass is 390 g/mol. The Labute approximate surface area is 153 Å². The van der Waals surface area contributed by atoms with Gasteiger partial charge in [0.1, 0.15) is 0 Å². The van der Waals surface area contributed by atoms with Crippen LogP contribution in [0.15, 0.2) is 84.0 Å². The highest BCUT2D eigenvalue weighted by molar-refractivity contribution is 9.10. The second-order valence-corrected chi connectivity index (χ2v) is 6.37. The van der Waals surface area contributed by atoms with Crippen LogP contribution in [-0.2, 0) is 0 Å². The summed E-state index contributed by atoms with van der Waals surface area (Å²) in [5.74, 6) is 0. The first-order chi connectivity index (χ1) is 12.3. The molecule has 3 heterocycles. The topological polar surface area (TPSA) is 57.4 Å². The van der Waals surface area contributed by atoms with Crippen molar-refractivity contribution in [1.29, 1.82) is 0 Å². The number of halogens is 1. The molecule has 5 aromatic rings. The van der Waals surface area contributed by atoms with Crippen LogP contribution in [0.3, 0.4) is 0 Å². The van der Waals surface area contributed by atoms with E-state index >= 15 is 0 Å². The highest BCUT2D eigenvalue weighted by Gasteiger charge is 2.04. The SMILES string of the molecule is Brc1cccc2[nH]ccc12.c1cc(-c2cnccn2)c2cc[nH]c2c1. The van der Waals surface area contributed by atoms with E-state index in [1.807, 2.05) is 30.6 Å². The lowest BCUT2D eigenvalue weighted by Crippen LogP contribution is -1.84. The average Bonchev–Trinajstić information content (AvgIpc) is 3.32. The number of rotatable bonds is 1. The van der Waals surface area contributed by atoms with Crippen molar-refractivity contribution < 1.29 is 0 Å². The maximum atomic E-state index is 4.30. The van der Waals surface area contributed by atoms with Gasteiger partial charge in [0, 0.05) is 56.6 Å². The van der Waals surface area contributed by atoms with Crippen LogP contribution >= 0.6 is 15.9 Å². The molecule has 0 aliphatic carbocycles. The van der Waals surface area contributed by atoms with Gasteiger partial charge in [0.05, 0.1) is 11.9 Å². The first-order valence-corrected chi connectivity index (χ1v) is 8.66. The van der Waals surface area contributed by atoms with Crippen LogP contribution in [-0.4, -0.2) is 19.9 Å². The van der Waals surface area contributed by atoms with Gasteiger partial charge in [-0.25, -0.2) is 0 Å². The maximum Gasteiger partial charge on any atom is 0.0891 e. The van der Waals surface area contributed by atoms with E-state index in [1.54, 1.807) is 18.6 Å². The number of aromatic amines is 2. The fourth-order valence-corrected chi connectivity index (χ4v) is 3.29. The normalized spacial score (nSPS) is 10.6. The Balaban J connectivity index is 0.000000136. The van der Waals surface area contributed by atoms with E-state index in [0.717, 1.165) is 21.2 Å². The van der Waals surface area contributed by atoms with E-state index < -0.39 is 0 Å². The molecule has 4 nitrogen and oxygen atoms in total. The van der Waals surface area contributed by atoms with Crippen LogP contribution in [0.4, 0.5) is 0 Å². The standard InChI is InChI=1S/C12H9N3.C8H6BrN/c1-2-9(12-8-13-6-7-15-12)10-4-5-14-11(10)3-1;9-7-2-1-3-8-6(7)4-5-10-8/h1-8,14H;1-5,10H. The first-order valence-electron chi connectivity index (χ1n) is 7.87. The summed E-state index contributed by atoms with van der Waals surface area (Å²) in [6.45, 7) is 0. The van der Waals surface area contributed by atoms with E-state index in [2.05, 4.69) is 66.2 Å². The Morgan fingerprint density at radius 3 is 2.20 bits per heavy atom. The third-order valence-corrected chi connectivity index (χ3v) is 4.67. The maximum absolute atomic E-state index is 4.30. The van der Waals surface area contributed by atoms with Crippen molar-refractivity contribution in [2.45, 2.75) is 0 Å². The highest BCUT2D eigenvalue weighted by atomic mass is 79.9. The van der Waals surface area contributed by atoms with Gasteiger partial charge in [-0.05, 0) is 30.3 Å². The lowest BCUT2D eigenvalue weighted by atomic mass is 10.1. The highest BCUT2D eigenvalue weighted by Crippen LogP contribution is 2.25. The Kier molecular flexibility index (Phi) is 4.31. The molecule has 25 heavy (non-hydrogen) atoms. The van der Waals surface area contributed by atoms with Gasteiger partial charge >= 0.3 is 0 Å². The Bertz CT molecular complexity index is 1110. The molecule has 0 fully saturated rings.